The molecule has 7 nitrogen and oxygen atoms in total. The third-order valence-electron chi connectivity index (χ3n) is 7.38. The molecule has 5 unspecified atom stereocenters. The Bertz CT molecular complexity index is 1170. The van der Waals surface area contributed by atoms with Gasteiger partial charge in [-0.1, -0.05) is 13.8 Å². The predicted molar refractivity (Wildman–Crippen MR) is 112 cm³/mol. The molecule has 0 saturated heterocycles. The van der Waals surface area contributed by atoms with Gasteiger partial charge in [0.1, 0.15) is 29.3 Å². The van der Waals surface area contributed by atoms with Crippen LogP contribution in [0.15, 0.2) is 0 Å². The fourth-order valence-corrected chi connectivity index (χ4v) is 5.37. The van der Waals surface area contributed by atoms with Crippen molar-refractivity contribution in [2.45, 2.75) is 71.7 Å². The molecule has 0 fully saturated rings. The minimum absolute atomic E-state index is 0.0309. The number of hydrogen-bond donors (Lipinski definition) is 3. The van der Waals surface area contributed by atoms with Crippen LogP contribution in [0.1, 0.15) is 89.4 Å². The molecular weight excluding hydrogens is 400 g/mol. The number of ether oxygens (including phenoxy) is 3. The largest absolute Gasteiger partial charge is 0.507 e. The van der Waals surface area contributed by atoms with Gasteiger partial charge in [-0.2, -0.15) is 0 Å². The van der Waals surface area contributed by atoms with E-state index in [2.05, 4.69) is 0 Å². The van der Waals surface area contributed by atoms with E-state index in [-0.39, 0.29) is 52.6 Å². The second-order valence-electron chi connectivity index (χ2n) is 8.99. The van der Waals surface area contributed by atoms with Crippen LogP contribution in [0, 0.1) is 13.8 Å². The SMILES string of the molecule is Cc1c(O)c2c(c3c1C(C)C(C)O3)Oc1c(C(=O)O)c(O)c(C)c3c1C2OC(C)C3C. The molecule has 3 aliphatic rings. The summed E-state index contributed by atoms with van der Waals surface area (Å²) >= 11 is 0. The lowest BCUT2D eigenvalue weighted by molar-refractivity contribution is -0.0141. The summed E-state index contributed by atoms with van der Waals surface area (Å²) < 4.78 is 18.7. The second kappa shape index (κ2) is 6.29. The molecule has 2 aromatic carbocycles. The van der Waals surface area contributed by atoms with Gasteiger partial charge in [0.05, 0.1) is 11.7 Å². The topological polar surface area (TPSA) is 105 Å². The first-order chi connectivity index (χ1) is 14.6. The Morgan fingerprint density at radius 2 is 1.39 bits per heavy atom. The molecular formula is C24H26O7. The van der Waals surface area contributed by atoms with Crippen molar-refractivity contribution in [2.24, 2.45) is 0 Å². The quantitative estimate of drug-likeness (QED) is 0.588. The maximum absolute atomic E-state index is 12.1. The van der Waals surface area contributed by atoms with E-state index in [0.717, 1.165) is 11.1 Å². The van der Waals surface area contributed by atoms with Gasteiger partial charge in [0.25, 0.3) is 0 Å². The molecule has 0 saturated carbocycles. The summed E-state index contributed by atoms with van der Waals surface area (Å²) in [5.41, 5.74) is 3.55. The molecule has 5 rings (SSSR count). The Kier molecular flexibility index (Phi) is 4.06. The van der Waals surface area contributed by atoms with Gasteiger partial charge >= 0.3 is 5.97 Å². The highest BCUT2D eigenvalue weighted by molar-refractivity contribution is 5.96. The van der Waals surface area contributed by atoms with Gasteiger partial charge in [0.15, 0.2) is 17.2 Å². The molecule has 7 heteroatoms. The van der Waals surface area contributed by atoms with E-state index in [9.17, 15) is 20.1 Å². The molecule has 0 spiro atoms. The third-order valence-corrected chi connectivity index (χ3v) is 7.38. The highest BCUT2D eigenvalue weighted by atomic mass is 16.5. The van der Waals surface area contributed by atoms with Crippen LogP contribution in [-0.4, -0.2) is 33.5 Å². The van der Waals surface area contributed by atoms with Crippen LogP contribution in [0.3, 0.4) is 0 Å². The highest BCUT2D eigenvalue weighted by Crippen LogP contribution is 2.63. The van der Waals surface area contributed by atoms with E-state index in [1.54, 1.807) is 6.92 Å². The molecule has 0 bridgehead atoms. The Labute approximate surface area is 180 Å². The first-order valence-electron chi connectivity index (χ1n) is 10.6. The van der Waals surface area contributed by atoms with Crippen LogP contribution in [0.4, 0.5) is 0 Å². The fourth-order valence-electron chi connectivity index (χ4n) is 5.37. The van der Waals surface area contributed by atoms with E-state index in [1.165, 1.54) is 0 Å². The zero-order chi connectivity index (χ0) is 22.5. The van der Waals surface area contributed by atoms with Crippen LogP contribution in [0.25, 0.3) is 0 Å². The lowest BCUT2D eigenvalue weighted by Gasteiger charge is -2.41. The minimum Gasteiger partial charge on any atom is -0.507 e. The Balaban J connectivity index is 1.90. The van der Waals surface area contributed by atoms with Crippen LogP contribution >= 0.6 is 0 Å². The number of carbonyl (C=O) groups is 1. The number of aromatic carboxylic acids is 1. The number of rotatable bonds is 1. The summed E-state index contributed by atoms with van der Waals surface area (Å²) in [5, 5.41) is 31.9. The van der Waals surface area contributed by atoms with Crippen molar-refractivity contribution in [3.05, 3.63) is 38.9 Å². The maximum atomic E-state index is 12.1. The van der Waals surface area contributed by atoms with Crippen molar-refractivity contribution in [2.75, 3.05) is 0 Å². The number of phenolic OH excluding ortho intramolecular Hbond substituents is 1. The second-order valence-corrected chi connectivity index (χ2v) is 8.99. The number of hydrogen-bond acceptors (Lipinski definition) is 6. The molecule has 0 radical (unpaired) electrons. The third kappa shape index (κ3) is 2.35. The predicted octanol–water partition coefficient (Wildman–Crippen LogP) is 5.01. The van der Waals surface area contributed by atoms with Crippen molar-refractivity contribution in [3.8, 4) is 28.7 Å². The number of phenols is 2. The molecule has 0 aliphatic carbocycles. The summed E-state index contributed by atoms with van der Waals surface area (Å²) in [6.45, 7) is 11.4. The molecule has 3 aliphatic heterocycles. The Morgan fingerprint density at radius 3 is 2.03 bits per heavy atom. The summed E-state index contributed by atoms with van der Waals surface area (Å²) in [4.78, 5) is 12.1. The summed E-state index contributed by atoms with van der Waals surface area (Å²) in [7, 11) is 0. The Hall–Kier alpha value is -2.93. The first kappa shape index (κ1) is 20.0. The number of aromatic hydroxyl groups is 2. The van der Waals surface area contributed by atoms with Crippen molar-refractivity contribution in [1.82, 2.24) is 0 Å². The van der Waals surface area contributed by atoms with Crippen molar-refractivity contribution in [3.63, 3.8) is 0 Å². The van der Waals surface area contributed by atoms with Gasteiger partial charge in [0.2, 0.25) is 0 Å². The molecule has 31 heavy (non-hydrogen) atoms. The van der Waals surface area contributed by atoms with E-state index < -0.39 is 12.1 Å². The summed E-state index contributed by atoms with van der Waals surface area (Å²) in [6, 6.07) is 0. The summed E-state index contributed by atoms with van der Waals surface area (Å²) in [5.74, 6) is -0.759. The van der Waals surface area contributed by atoms with E-state index in [4.69, 9.17) is 14.2 Å². The average molecular weight is 426 g/mol. The summed E-state index contributed by atoms with van der Waals surface area (Å²) in [6.07, 6.45) is -1.08. The molecule has 0 amide bonds. The monoisotopic (exact) mass is 426 g/mol. The number of carboxylic acid groups (broad SMARTS) is 1. The molecule has 3 N–H and O–H groups in total. The number of fused-ring (bicyclic) bond motifs is 4. The molecule has 3 heterocycles. The van der Waals surface area contributed by atoms with E-state index >= 15 is 0 Å². The zero-order valence-electron chi connectivity index (χ0n) is 18.4. The van der Waals surface area contributed by atoms with E-state index in [0.29, 0.717) is 28.0 Å². The first-order valence-corrected chi connectivity index (χ1v) is 10.6. The maximum Gasteiger partial charge on any atom is 0.343 e. The normalized spacial score (nSPS) is 27.6. The van der Waals surface area contributed by atoms with Gasteiger partial charge < -0.3 is 29.5 Å². The van der Waals surface area contributed by atoms with Crippen LogP contribution in [0.5, 0.6) is 28.7 Å². The van der Waals surface area contributed by atoms with E-state index in [1.807, 2.05) is 34.6 Å². The zero-order valence-corrected chi connectivity index (χ0v) is 18.4. The van der Waals surface area contributed by atoms with Crippen molar-refractivity contribution in [1.29, 1.82) is 0 Å². The van der Waals surface area contributed by atoms with Crippen LogP contribution in [0.2, 0.25) is 0 Å². The fraction of sp³-hybridized carbons (Fsp3) is 0.458. The molecule has 0 aromatic heterocycles. The molecule has 164 valence electrons. The molecule has 5 atom stereocenters. The highest BCUT2D eigenvalue weighted by Gasteiger charge is 2.47. The van der Waals surface area contributed by atoms with Gasteiger partial charge in [-0.3, -0.25) is 0 Å². The average Bonchev–Trinajstić information content (AvgIpc) is 3.00. The lowest BCUT2D eigenvalue weighted by atomic mass is 9.77. The minimum atomic E-state index is -1.29. The van der Waals surface area contributed by atoms with Gasteiger partial charge in [0, 0.05) is 23.0 Å². The smallest absolute Gasteiger partial charge is 0.343 e. The van der Waals surface area contributed by atoms with Crippen LogP contribution < -0.4 is 9.47 Å². The van der Waals surface area contributed by atoms with Crippen LogP contribution in [-0.2, 0) is 4.74 Å². The van der Waals surface area contributed by atoms with Gasteiger partial charge in [-0.15, -0.1) is 0 Å². The number of carboxylic acids is 1. The standard InChI is InChI=1S/C24H26O7/c1-7-11(5)29-20-15-13(7)9(3)19(26)17(24(27)28)21(15)31-23-16(20)18(25)10(4)14-8(2)12(6)30-22(14)23/h7-8,11-12,20,25-26H,1-6H3,(H,27,28). The lowest BCUT2D eigenvalue weighted by Crippen LogP contribution is -2.31. The Morgan fingerprint density at radius 1 is 0.774 bits per heavy atom. The molecule has 2 aromatic rings. The number of benzene rings is 2. The van der Waals surface area contributed by atoms with Gasteiger partial charge in [-0.05, 0) is 44.4 Å². The van der Waals surface area contributed by atoms with Gasteiger partial charge in [-0.25, -0.2) is 4.79 Å². The van der Waals surface area contributed by atoms with Crippen molar-refractivity contribution >= 4 is 5.97 Å². The van der Waals surface area contributed by atoms with Crippen molar-refractivity contribution < 1.29 is 34.3 Å².